The molecule has 5 aliphatic rings. The van der Waals surface area contributed by atoms with Gasteiger partial charge in [0, 0.05) is 0 Å². The molecule has 0 aromatic carbocycles. The molecule has 0 saturated heterocycles. The van der Waals surface area contributed by atoms with Crippen molar-refractivity contribution in [1.29, 1.82) is 0 Å². The molecular weight excluding hydrogens is 228 g/mol. The largest absolute Gasteiger partial charge is 0.0850 e. The summed E-state index contributed by atoms with van der Waals surface area (Å²) in [5.41, 5.74) is 2.66. The van der Waals surface area contributed by atoms with Crippen LogP contribution < -0.4 is 0 Å². The molecule has 0 N–H and O–H groups in total. The Morgan fingerprint density at radius 2 is 2.05 bits per heavy atom. The number of hydrogen-bond acceptors (Lipinski definition) is 0. The van der Waals surface area contributed by atoms with E-state index in [1.165, 1.54) is 31.6 Å². The second-order valence-electron chi connectivity index (χ2n) is 8.77. The molecule has 0 amide bonds. The van der Waals surface area contributed by atoms with Crippen molar-refractivity contribution in [3.05, 3.63) is 11.6 Å². The van der Waals surface area contributed by atoms with Gasteiger partial charge in [-0.15, -0.1) is 0 Å². The minimum Gasteiger partial charge on any atom is -0.0850 e. The van der Waals surface area contributed by atoms with Crippen LogP contribution in [0.25, 0.3) is 0 Å². The van der Waals surface area contributed by atoms with Crippen LogP contribution in [-0.2, 0) is 0 Å². The fourth-order valence-electron chi connectivity index (χ4n) is 7.24. The quantitative estimate of drug-likeness (QED) is 0.523. The van der Waals surface area contributed by atoms with E-state index in [9.17, 15) is 0 Å². The van der Waals surface area contributed by atoms with Gasteiger partial charge >= 0.3 is 0 Å². The van der Waals surface area contributed by atoms with Gasteiger partial charge in [-0.2, -0.15) is 0 Å². The minimum atomic E-state index is 0.768. The maximum atomic E-state index is 2.66. The maximum Gasteiger partial charge on any atom is -0.0172 e. The SMILES string of the molecule is C[C@]12CC[C@H]3[C@@H](CCC4=CCCC[C@@H]43)[C@@H]1C1CC1C2. The van der Waals surface area contributed by atoms with E-state index < -0.39 is 0 Å². The Bertz CT molecular complexity index is 433. The van der Waals surface area contributed by atoms with Gasteiger partial charge in [-0.1, -0.05) is 18.6 Å². The third-order valence-corrected chi connectivity index (χ3v) is 7.92. The summed E-state index contributed by atoms with van der Waals surface area (Å²) in [6.45, 7) is 2.66. The molecule has 0 aliphatic heterocycles. The van der Waals surface area contributed by atoms with Crippen molar-refractivity contribution >= 4 is 0 Å². The fourth-order valence-corrected chi connectivity index (χ4v) is 7.24. The second kappa shape index (κ2) is 3.68. The van der Waals surface area contributed by atoms with Crippen molar-refractivity contribution in [2.24, 2.45) is 40.9 Å². The van der Waals surface area contributed by atoms with E-state index in [2.05, 4.69) is 13.0 Å². The zero-order valence-electron chi connectivity index (χ0n) is 12.4. The summed E-state index contributed by atoms with van der Waals surface area (Å²) in [5.74, 6) is 6.72. The molecule has 0 aromatic rings. The smallest absolute Gasteiger partial charge is 0.0172 e. The van der Waals surface area contributed by atoms with Gasteiger partial charge in [0.15, 0.2) is 0 Å². The molecular formula is C19H28. The number of rotatable bonds is 0. The molecule has 104 valence electrons. The Kier molecular flexibility index (Phi) is 2.21. The lowest BCUT2D eigenvalue weighted by molar-refractivity contribution is -0.0170. The average molecular weight is 256 g/mol. The van der Waals surface area contributed by atoms with Crippen LogP contribution in [0.2, 0.25) is 0 Å². The van der Waals surface area contributed by atoms with Crippen molar-refractivity contribution in [3.63, 3.8) is 0 Å². The van der Waals surface area contributed by atoms with Crippen LogP contribution in [0.4, 0.5) is 0 Å². The monoisotopic (exact) mass is 256 g/mol. The number of fused-ring (bicyclic) bond motifs is 7. The van der Waals surface area contributed by atoms with Gasteiger partial charge in [-0.3, -0.25) is 0 Å². The topological polar surface area (TPSA) is 0 Å². The van der Waals surface area contributed by atoms with E-state index in [0.29, 0.717) is 0 Å². The van der Waals surface area contributed by atoms with Crippen LogP contribution in [0.1, 0.15) is 64.7 Å². The van der Waals surface area contributed by atoms with Gasteiger partial charge in [0.25, 0.3) is 0 Å². The van der Waals surface area contributed by atoms with Crippen LogP contribution >= 0.6 is 0 Å². The third-order valence-electron chi connectivity index (χ3n) is 7.92. The molecule has 0 heteroatoms. The van der Waals surface area contributed by atoms with E-state index in [1.807, 2.05) is 5.57 Å². The summed E-state index contributed by atoms with van der Waals surface area (Å²) in [6.07, 6.45) is 16.4. The first kappa shape index (κ1) is 11.4. The van der Waals surface area contributed by atoms with Gasteiger partial charge in [0.05, 0.1) is 0 Å². The Labute approximate surface area is 118 Å². The van der Waals surface area contributed by atoms with E-state index in [1.54, 1.807) is 32.1 Å². The molecule has 0 bridgehead atoms. The van der Waals surface area contributed by atoms with Gasteiger partial charge < -0.3 is 0 Å². The summed E-state index contributed by atoms with van der Waals surface area (Å²) >= 11 is 0. The van der Waals surface area contributed by atoms with E-state index >= 15 is 0 Å². The first-order chi connectivity index (χ1) is 9.26. The predicted molar refractivity (Wildman–Crippen MR) is 78.7 cm³/mol. The summed E-state index contributed by atoms with van der Waals surface area (Å²) in [7, 11) is 0. The fraction of sp³-hybridized carbons (Fsp3) is 0.895. The van der Waals surface area contributed by atoms with Crippen LogP contribution in [0.15, 0.2) is 11.6 Å². The lowest BCUT2D eigenvalue weighted by atomic mass is 9.51. The van der Waals surface area contributed by atoms with Crippen LogP contribution in [-0.4, -0.2) is 0 Å². The van der Waals surface area contributed by atoms with Crippen molar-refractivity contribution in [1.82, 2.24) is 0 Å². The van der Waals surface area contributed by atoms with Crippen molar-refractivity contribution in [2.45, 2.75) is 64.7 Å². The summed E-state index contributed by atoms with van der Waals surface area (Å²) < 4.78 is 0. The zero-order valence-corrected chi connectivity index (χ0v) is 12.4. The first-order valence-corrected chi connectivity index (χ1v) is 8.95. The van der Waals surface area contributed by atoms with Gasteiger partial charge in [-0.05, 0) is 98.7 Å². The Morgan fingerprint density at radius 3 is 3.00 bits per heavy atom. The predicted octanol–water partition coefficient (Wildman–Crippen LogP) is 5.20. The highest BCUT2D eigenvalue weighted by Crippen LogP contribution is 2.72. The summed E-state index contributed by atoms with van der Waals surface area (Å²) in [4.78, 5) is 0. The van der Waals surface area contributed by atoms with Crippen molar-refractivity contribution in [3.8, 4) is 0 Å². The lowest BCUT2D eigenvalue weighted by Crippen LogP contribution is -2.45. The Hall–Kier alpha value is -0.260. The first-order valence-electron chi connectivity index (χ1n) is 8.95. The molecule has 4 fully saturated rings. The molecule has 2 unspecified atom stereocenters. The Morgan fingerprint density at radius 1 is 1.11 bits per heavy atom. The van der Waals surface area contributed by atoms with Crippen LogP contribution in [0.5, 0.6) is 0 Å². The third kappa shape index (κ3) is 1.47. The highest BCUT2D eigenvalue weighted by Gasteiger charge is 2.64. The molecule has 0 radical (unpaired) electrons. The van der Waals surface area contributed by atoms with Crippen molar-refractivity contribution < 1.29 is 0 Å². The second-order valence-corrected chi connectivity index (χ2v) is 8.77. The minimum absolute atomic E-state index is 0.768. The molecule has 4 saturated carbocycles. The Balaban J connectivity index is 1.49. The standard InChI is InChI=1S/C19H28/c1-19-9-8-15-14-5-3-2-4-12(14)6-7-16(15)18(19)17-10-13(17)11-19/h4,13-18H,2-3,5-11H2,1H3/t13?,14-,15+,16+,17?,18+,19+/m0/s1. The highest BCUT2D eigenvalue weighted by atomic mass is 14.7. The number of allylic oxidation sites excluding steroid dienone is 2. The molecule has 5 aliphatic carbocycles. The zero-order chi connectivity index (χ0) is 12.6. The van der Waals surface area contributed by atoms with E-state index in [-0.39, 0.29) is 0 Å². The van der Waals surface area contributed by atoms with Gasteiger partial charge in [0.2, 0.25) is 0 Å². The lowest BCUT2D eigenvalue weighted by Gasteiger charge is -2.54. The molecule has 19 heavy (non-hydrogen) atoms. The van der Waals surface area contributed by atoms with Crippen molar-refractivity contribution in [2.75, 3.05) is 0 Å². The summed E-state index contributed by atoms with van der Waals surface area (Å²) in [5, 5.41) is 0. The molecule has 0 heterocycles. The van der Waals surface area contributed by atoms with E-state index in [4.69, 9.17) is 0 Å². The van der Waals surface area contributed by atoms with Crippen LogP contribution in [0.3, 0.4) is 0 Å². The highest BCUT2D eigenvalue weighted by molar-refractivity contribution is 5.20. The average Bonchev–Trinajstić information content (AvgIpc) is 3.09. The normalized spacial score (nSPS) is 58.5. The number of hydrogen-bond donors (Lipinski definition) is 0. The van der Waals surface area contributed by atoms with Gasteiger partial charge in [0.1, 0.15) is 0 Å². The molecule has 0 nitrogen and oxygen atoms in total. The maximum absolute atomic E-state index is 2.66. The molecule has 0 spiro atoms. The summed E-state index contributed by atoms with van der Waals surface area (Å²) in [6, 6.07) is 0. The molecule has 7 atom stereocenters. The van der Waals surface area contributed by atoms with Crippen LogP contribution in [0, 0.1) is 40.9 Å². The van der Waals surface area contributed by atoms with E-state index in [0.717, 1.165) is 35.0 Å². The molecule has 5 rings (SSSR count). The molecule has 0 aromatic heterocycles. The van der Waals surface area contributed by atoms with Gasteiger partial charge in [-0.25, -0.2) is 0 Å².